The maximum atomic E-state index is 12.7. The van der Waals surface area contributed by atoms with Crippen LogP contribution in [0.1, 0.15) is 44.6 Å². The van der Waals surface area contributed by atoms with Crippen LogP contribution in [0.15, 0.2) is 24.3 Å². The maximum absolute atomic E-state index is 12.7. The number of carbonyl (C=O) groups is 2. The minimum atomic E-state index is -0.413. The largest absolute Gasteiger partial charge is 0.496 e. The van der Waals surface area contributed by atoms with Crippen molar-refractivity contribution in [2.45, 2.75) is 27.2 Å². The molecule has 0 aliphatic carbocycles. The van der Waals surface area contributed by atoms with E-state index in [0.717, 1.165) is 17.0 Å². The van der Waals surface area contributed by atoms with Crippen LogP contribution in [0.2, 0.25) is 0 Å². The standard InChI is InChI=1S/C20H26N2O4/c1-6-26-20(24)18-13(2)17(14(3)22(18)4)19(23)21-12-11-15-9-7-8-10-16(15)25-5/h7-10H,6,11-12H2,1-5H3,(H,21,23). The second-order valence-electron chi connectivity index (χ2n) is 6.03. The summed E-state index contributed by atoms with van der Waals surface area (Å²) in [7, 11) is 3.39. The van der Waals surface area contributed by atoms with Gasteiger partial charge in [0.05, 0.1) is 19.3 Å². The normalized spacial score (nSPS) is 10.5. The SMILES string of the molecule is CCOC(=O)c1c(C)c(C(=O)NCCc2ccccc2OC)c(C)n1C. The number of amides is 1. The smallest absolute Gasteiger partial charge is 0.355 e. The molecular weight excluding hydrogens is 332 g/mol. The molecular formula is C20H26N2O4. The summed E-state index contributed by atoms with van der Waals surface area (Å²) in [5.74, 6) is 0.197. The van der Waals surface area contributed by atoms with Gasteiger partial charge in [-0.2, -0.15) is 0 Å². The number of ether oxygens (including phenoxy) is 2. The van der Waals surface area contributed by atoms with Gasteiger partial charge in [0.2, 0.25) is 0 Å². The molecule has 0 atom stereocenters. The third-order valence-corrected chi connectivity index (χ3v) is 4.50. The van der Waals surface area contributed by atoms with Gasteiger partial charge in [-0.1, -0.05) is 18.2 Å². The molecule has 0 aliphatic rings. The Kier molecular flexibility index (Phi) is 6.44. The van der Waals surface area contributed by atoms with Crippen LogP contribution >= 0.6 is 0 Å². The van der Waals surface area contributed by atoms with Gasteiger partial charge in [0.15, 0.2) is 0 Å². The number of methoxy groups -OCH3 is 1. The van der Waals surface area contributed by atoms with Gasteiger partial charge in [0.25, 0.3) is 5.91 Å². The number of carbonyl (C=O) groups excluding carboxylic acids is 2. The monoisotopic (exact) mass is 358 g/mol. The number of hydrogen-bond acceptors (Lipinski definition) is 4. The summed E-state index contributed by atoms with van der Waals surface area (Å²) in [4.78, 5) is 24.8. The first-order valence-corrected chi connectivity index (χ1v) is 8.65. The zero-order chi connectivity index (χ0) is 19.3. The minimum Gasteiger partial charge on any atom is -0.496 e. The predicted octanol–water partition coefficient (Wildman–Crippen LogP) is 2.80. The van der Waals surface area contributed by atoms with Gasteiger partial charge >= 0.3 is 5.97 Å². The average Bonchev–Trinajstić information content (AvgIpc) is 2.84. The first kappa shape index (κ1) is 19.6. The molecule has 0 saturated heterocycles. The van der Waals surface area contributed by atoms with Gasteiger partial charge < -0.3 is 19.4 Å². The molecule has 0 aliphatic heterocycles. The number of nitrogens with one attached hydrogen (secondary N) is 1. The molecule has 2 aromatic rings. The third kappa shape index (κ3) is 3.90. The summed E-state index contributed by atoms with van der Waals surface area (Å²) in [5, 5.41) is 2.93. The van der Waals surface area contributed by atoms with E-state index in [1.807, 2.05) is 31.2 Å². The minimum absolute atomic E-state index is 0.193. The lowest BCUT2D eigenvalue weighted by molar-refractivity contribution is 0.0514. The van der Waals surface area contributed by atoms with Crippen LogP contribution in [0.4, 0.5) is 0 Å². The van der Waals surface area contributed by atoms with Crippen LogP contribution < -0.4 is 10.1 Å². The fraction of sp³-hybridized carbons (Fsp3) is 0.400. The molecule has 0 spiro atoms. The highest BCUT2D eigenvalue weighted by Gasteiger charge is 2.25. The van der Waals surface area contributed by atoms with Crippen LogP contribution in [0, 0.1) is 13.8 Å². The van der Waals surface area contributed by atoms with E-state index >= 15 is 0 Å². The summed E-state index contributed by atoms with van der Waals surface area (Å²) in [5.41, 5.74) is 3.34. The number of para-hydroxylation sites is 1. The predicted molar refractivity (Wildman–Crippen MR) is 99.9 cm³/mol. The van der Waals surface area contributed by atoms with Gasteiger partial charge in [-0.15, -0.1) is 0 Å². The van der Waals surface area contributed by atoms with Crippen LogP contribution in [-0.2, 0) is 18.2 Å². The summed E-state index contributed by atoms with van der Waals surface area (Å²) < 4.78 is 12.1. The highest BCUT2D eigenvalue weighted by Crippen LogP contribution is 2.22. The number of benzene rings is 1. The van der Waals surface area contributed by atoms with Crippen molar-refractivity contribution in [2.24, 2.45) is 7.05 Å². The highest BCUT2D eigenvalue weighted by molar-refractivity contribution is 6.01. The Balaban J connectivity index is 2.12. The van der Waals surface area contributed by atoms with Crippen LogP contribution in [0.25, 0.3) is 0 Å². The van der Waals surface area contributed by atoms with Crippen LogP contribution in [0.3, 0.4) is 0 Å². The molecule has 6 heteroatoms. The number of hydrogen-bond donors (Lipinski definition) is 1. The topological polar surface area (TPSA) is 69.6 Å². The first-order valence-electron chi connectivity index (χ1n) is 8.65. The van der Waals surface area contributed by atoms with Crippen molar-refractivity contribution in [1.29, 1.82) is 0 Å². The van der Waals surface area contributed by atoms with E-state index in [1.54, 1.807) is 32.6 Å². The quantitative estimate of drug-likeness (QED) is 0.773. The molecule has 0 bridgehead atoms. The number of rotatable bonds is 7. The molecule has 1 aromatic heterocycles. The Morgan fingerprint density at radius 1 is 1.19 bits per heavy atom. The van der Waals surface area contributed by atoms with E-state index in [9.17, 15) is 9.59 Å². The van der Waals surface area contributed by atoms with Crippen molar-refractivity contribution in [3.05, 3.63) is 52.3 Å². The Labute approximate surface area is 154 Å². The lowest BCUT2D eigenvalue weighted by Gasteiger charge is -2.09. The molecule has 1 N–H and O–H groups in total. The molecule has 1 heterocycles. The highest BCUT2D eigenvalue weighted by atomic mass is 16.5. The van der Waals surface area contributed by atoms with E-state index < -0.39 is 5.97 Å². The van der Waals surface area contributed by atoms with Gasteiger partial charge in [-0.25, -0.2) is 4.79 Å². The van der Waals surface area contributed by atoms with E-state index in [0.29, 0.717) is 36.4 Å². The fourth-order valence-electron chi connectivity index (χ4n) is 3.11. The summed E-state index contributed by atoms with van der Waals surface area (Å²) in [6.45, 7) is 6.12. The first-order chi connectivity index (χ1) is 12.4. The zero-order valence-corrected chi connectivity index (χ0v) is 16.0. The molecule has 6 nitrogen and oxygen atoms in total. The molecule has 0 saturated carbocycles. The Hall–Kier alpha value is -2.76. The molecule has 140 valence electrons. The Morgan fingerprint density at radius 2 is 1.88 bits per heavy atom. The number of aromatic nitrogens is 1. The average molecular weight is 358 g/mol. The van der Waals surface area contributed by atoms with Gasteiger partial charge in [0, 0.05) is 19.3 Å². The zero-order valence-electron chi connectivity index (χ0n) is 16.0. The molecule has 26 heavy (non-hydrogen) atoms. The van der Waals surface area contributed by atoms with Crippen molar-refractivity contribution < 1.29 is 19.1 Å². The molecule has 2 rings (SSSR count). The van der Waals surface area contributed by atoms with E-state index in [-0.39, 0.29) is 5.91 Å². The fourth-order valence-corrected chi connectivity index (χ4v) is 3.11. The van der Waals surface area contributed by atoms with E-state index in [1.165, 1.54) is 0 Å². The lowest BCUT2D eigenvalue weighted by Crippen LogP contribution is -2.26. The lowest BCUT2D eigenvalue weighted by atomic mass is 10.1. The summed E-state index contributed by atoms with van der Waals surface area (Å²) in [6.07, 6.45) is 0.658. The number of esters is 1. The van der Waals surface area contributed by atoms with E-state index in [2.05, 4.69) is 5.32 Å². The molecule has 0 radical (unpaired) electrons. The van der Waals surface area contributed by atoms with Gasteiger partial charge in [-0.3, -0.25) is 4.79 Å². The van der Waals surface area contributed by atoms with Crippen molar-refractivity contribution in [1.82, 2.24) is 9.88 Å². The van der Waals surface area contributed by atoms with Gasteiger partial charge in [-0.05, 0) is 44.4 Å². The summed E-state index contributed by atoms with van der Waals surface area (Å²) in [6, 6.07) is 7.72. The Morgan fingerprint density at radius 3 is 2.54 bits per heavy atom. The number of nitrogens with zero attached hydrogens (tertiary/aromatic N) is 1. The Bertz CT molecular complexity index is 808. The van der Waals surface area contributed by atoms with Crippen molar-refractivity contribution in [2.75, 3.05) is 20.3 Å². The second-order valence-corrected chi connectivity index (χ2v) is 6.03. The van der Waals surface area contributed by atoms with Crippen molar-refractivity contribution in [3.63, 3.8) is 0 Å². The van der Waals surface area contributed by atoms with E-state index in [4.69, 9.17) is 9.47 Å². The van der Waals surface area contributed by atoms with Crippen LogP contribution in [0.5, 0.6) is 5.75 Å². The molecule has 1 amide bonds. The summed E-state index contributed by atoms with van der Waals surface area (Å²) >= 11 is 0. The van der Waals surface area contributed by atoms with Gasteiger partial charge in [0.1, 0.15) is 11.4 Å². The third-order valence-electron chi connectivity index (χ3n) is 4.50. The molecule has 0 unspecified atom stereocenters. The molecule has 0 fully saturated rings. The maximum Gasteiger partial charge on any atom is 0.355 e. The van der Waals surface area contributed by atoms with Crippen LogP contribution in [-0.4, -0.2) is 36.7 Å². The van der Waals surface area contributed by atoms with Crippen molar-refractivity contribution in [3.8, 4) is 5.75 Å². The second kappa shape index (κ2) is 8.56. The molecule has 1 aromatic carbocycles. The van der Waals surface area contributed by atoms with Crippen molar-refractivity contribution >= 4 is 11.9 Å².